The van der Waals surface area contributed by atoms with Gasteiger partial charge in [-0.15, -0.1) is 0 Å². The lowest BCUT2D eigenvalue weighted by Gasteiger charge is -2.29. The van der Waals surface area contributed by atoms with Crippen LogP contribution in [0.3, 0.4) is 0 Å². The number of methoxy groups -OCH3 is 2. The first-order valence-electron chi connectivity index (χ1n) is 9.18. The summed E-state index contributed by atoms with van der Waals surface area (Å²) in [6, 6.07) is 15.0. The number of fused-ring (bicyclic) bond motifs is 1. The highest BCUT2D eigenvalue weighted by molar-refractivity contribution is 5.39. The van der Waals surface area contributed by atoms with Crippen molar-refractivity contribution < 1.29 is 9.47 Å². The number of rotatable bonds is 7. The van der Waals surface area contributed by atoms with Gasteiger partial charge in [0.05, 0.1) is 14.2 Å². The van der Waals surface area contributed by atoms with Crippen molar-refractivity contribution in [1.82, 2.24) is 4.90 Å². The van der Waals surface area contributed by atoms with E-state index in [4.69, 9.17) is 9.47 Å². The average Bonchev–Trinajstić information content (AvgIpc) is 2.66. The maximum atomic E-state index is 5.38. The van der Waals surface area contributed by atoms with Crippen LogP contribution < -0.4 is 9.47 Å². The first-order valence-corrected chi connectivity index (χ1v) is 9.18. The van der Waals surface area contributed by atoms with Gasteiger partial charge in [-0.05, 0) is 79.6 Å². The standard InChI is InChI=1S/C22H29NO2/c1-23(13-12-17-6-4-9-20(14-17)24-2)16-19-8-5-7-18-15-21(25-3)10-11-22(18)19/h4,6,9-11,14-15,19H,5,7-8,12-13,16H2,1-3H3. The molecule has 0 aliphatic heterocycles. The third kappa shape index (κ3) is 4.55. The second kappa shape index (κ2) is 8.39. The molecule has 0 heterocycles. The molecule has 0 saturated carbocycles. The Morgan fingerprint density at radius 2 is 1.84 bits per heavy atom. The SMILES string of the molecule is COc1cccc(CCN(C)CC2CCCc3cc(OC)ccc32)c1. The molecular weight excluding hydrogens is 310 g/mol. The summed E-state index contributed by atoms with van der Waals surface area (Å²) in [5, 5.41) is 0. The van der Waals surface area contributed by atoms with E-state index in [0.29, 0.717) is 5.92 Å². The van der Waals surface area contributed by atoms with E-state index in [-0.39, 0.29) is 0 Å². The quantitative estimate of drug-likeness (QED) is 0.751. The van der Waals surface area contributed by atoms with Gasteiger partial charge in [-0.25, -0.2) is 0 Å². The van der Waals surface area contributed by atoms with Crippen LogP contribution >= 0.6 is 0 Å². The lowest BCUT2D eigenvalue weighted by molar-refractivity contribution is 0.300. The number of hydrogen-bond acceptors (Lipinski definition) is 3. The van der Waals surface area contributed by atoms with E-state index in [1.165, 1.54) is 36.0 Å². The molecule has 25 heavy (non-hydrogen) atoms. The molecule has 1 unspecified atom stereocenters. The Morgan fingerprint density at radius 3 is 2.64 bits per heavy atom. The van der Waals surface area contributed by atoms with Gasteiger partial charge in [0.2, 0.25) is 0 Å². The van der Waals surface area contributed by atoms with Gasteiger partial charge in [-0.3, -0.25) is 0 Å². The third-order valence-electron chi connectivity index (χ3n) is 5.24. The van der Waals surface area contributed by atoms with E-state index in [1.807, 2.05) is 6.07 Å². The molecule has 0 radical (unpaired) electrons. The van der Waals surface area contributed by atoms with Gasteiger partial charge >= 0.3 is 0 Å². The Balaban J connectivity index is 1.59. The second-order valence-electron chi connectivity index (χ2n) is 7.02. The molecule has 3 rings (SSSR count). The summed E-state index contributed by atoms with van der Waals surface area (Å²) in [5.74, 6) is 2.55. The molecule has 0 saturated heterocycles. The average molecular weight is 339 g/mol. The highest BCUT2D eigenvalue weighted by Gasteiger charge is 2.21. The van der Waals surface area contributed by atoms with Gasteiger partial charge in [-0.1, -0.05) is 18.2 Å². The number of likely N-dealkylation sites (N-methyl/N-ethyl adjacent to an activating group) is 1. The normalized spacial score (nSPS) is 16.6. The van der Waals surface area contributed by atoms with E-state index in [1.54, 1.807) is 14.2 Å². The first kappa shape index (κ1) is 17.8. The van der Waals surface area contributed by atoms with Crippen molar-refractivity contribution in [2.75, 3.05) is 34.4 Å². The zero-order chi connectivity index (χ0) is 17.6. The topological polar surface area (TPSA) is 21.7 Å². The van der Waals surface area contributed by atoms with E-state index < -0.39 is 0 Å². The van der Waals surface area contributed by atoms with Gasteiger partial charge < -0.3 is 14.4 Å². The van der Waals surface area contributed by atoms with Gasteiger partial charge in [0.25, 0.3) is 0 Å². The summed E-state index contributed by atoms with van der Waals surface area (Å²) in [6.07, 6.45) is 4.78. The Morgan fingerprint density at radius 1 is 1.04 bits per heavy atom. The van der Waals surface area contributed by atoms with E-state index >= 15 is 0 Å². The fourth-order valence-electron chi connectivity index (χ4n) is 3.82. The minimum atomic E-state index is 0.630. The van der Waals surface area contributed by atoms with Crippen LogP contribution in [0.25, 0.3) is 0 Å². The van der Waals surface area contributed by atoms with E-state index in [0.717, 1.165) is 31.0 Å². The molecule has 3 nitrogen and oxygen atoms in total. The fourth-order valence-corrected chi connectivity index (χ4v) is 3.82. The summed E-state index contributed by atoms with van der Waals surface area (Å²) in [4.78, 5) is 2.46. The number of ether oxygens (including phenoxy) is 2. The highest BCUT2D eigenvalue weighted by atomic mass is 16.5. The van der Waals surface area contributed by atoms with Crippen LogP contribution in [0.1, 0.15) is 35.4 Å². The summed E-state index contributed by atoms with van der Waals surface area (Å²) in [7, 11) is 5.70. The molecule has 134 valence electrons. The lowest BCUT2D eigenvalue weighted by atomic mass is 9.82. The molecule has 2 aromatic rings. The molecular formula is C22H29NO2. The summed E-state index contributed by atoms with van der Waals surface area (Å²) < 4.78 is 10.7. The van der Waals surface area contributed by atoms with Crippen LogP contribution in [-0.4, -0.2) is 39.3 Å². The van der Waals surface area contributed by atoms with Crippen LogP contribution in [0.15, 0.2) is 42.5 Å². The van der Waals surface area contributed by atoms with Crippen molar-refractivity contribution >= 4 is 0 Å². The van der Waals surface area contributed by atoms with Gasteiger partial charge in [0, 0.05) is 13.1 Å². The second-order valence-corrected chi connectivity index (χ2v) is 7.02. The van der Waals surface area contributed by atoms with Crippen LogP contribution in [0.5, 0.6) is 11.5 Å². The van der Waals surface area contributed by atoms with Crippen LogP contribution in [0, 0.1) is 0 Å². The number of aryl methyl sites for hydroxylation is 1. The Labute approximate surface area is 151 Å². The van der Waals surface area contributed by atoms with Gasteiger partial charge in [0.15, 0.2) is 0 Å². The summed E-state index contributed by atoms with van der Waals surface area (Å²) >= 11 is 0. The smallest absolute Gasteiger partial charge is 0.119 e. The Bertz CT molecular complexity index is 698. The van der Waals surface area contributed by atoms with Crippen LogP contribution in [0.2, 0.25) is 0 Å². The van der Waals surface area contributed by atoms with Gasteiger partial charge in [0.1, 0.15) is 11.5 Å². The Kier molecular flexibility index (Phi) is 5.98. The lowest BCUT2D eigenvalue weighted by Crippen LogP contribution is -2.28. The van der Waals surface area contributed by atoms with Crippen LogP contribution in [-0.2, 0) is 12.8 Å². The molecule has 2 aromatic carbocycles. The molecule has 3 heteroatoms. The largest absolute Gasteiger partial charge is 0.497 e. The molecule has 0 spiro atoms. The van der Waals surface area contributed by atoms with Crippen molar-refractivity contribution in [1.29, 1.82) is 0 Å². The molecule has 1 aliphatic carbocycles. The monoisotopic (exact) mass is 339 g/mol. The maximum Gasteiger partial charge on any atom is 0.119 e. The molecule has 0 aromatic heterocycles. The van der Waals surface area contributed by atoms with Crippen molar-refractivity contribution in [3.05, 3.63) is 59.2 Å². The molecule has 0 N–H and O–H groups in total. The predicted octanol–water partition coefficient (Wildman–Crippen LogP) is 4.30. The summed E-state index contributed by atoms with van der Waals surface area (Å²) in [6.45, 7) is 2.18. The number of nitrogens with zero attached hydrogens (tertiary/aromatic N) is 1. The minimum absolute atomic E-state index is 0.630. The molecule has 1 atom stereocenters. The molecule has 0 bridgehead atoms. The predicted molar refractivity (Wildman–Crippen MR) is 103 cm³/mol. The molecule has 0 amide bonds. The number of hydrogen-bond donors (Lipinski definition) is 0. The first-order chi connectivity index (χ1) is 12.2. The van der Waals surface area contributed by atoms with Crippen molar-refractivity contribution in [3.8, 4) is 11.5 Å². The highest BCUT2D eigenvalue weighted by Crippen LogP contribution is 2.34. The summed E-state index contributed by atoms with van der Waals surface area (Å²) in [5.41, 5.74) is 4.32. The van der Waals surface area contributed by atoms with Crippen molar-refractivity contribution in [2.24, 2.45) is 0 Å². The van der Waals surface area contributed by atoms with E-state index in [9.17, 15) is 0 Å². The molecule has 0 fully saturated rings. The van der Waals surface area contributed by atoms with Gasteiger partial charge in [-0.2, -0.15) is 0 Å². The third-order valence-corrected chi connectivity index (χ3v) is 5.24. The zero-order valence-electron chi connectivity index (χ0n) is 15.6. The fraction of sp³-hybridized carbons (Fsp3) is 0.455. The van der Waals surface area contributed by atoms with Crippen LogP contribution in [0.4, 0.5) is 0 Å². The van der Waals surface area contributed by atoms with Crippen molar-refractivity contribution in [2.45, 2.75) is 31.6 Å². The van der Waals surface area contributed by atoms with E-state index in [2.05, 4.69) is 48.3 Å². The Hall–Kier alpha value is -2.00. The minimum Gasteiger partial charge on any atom is -0.497 e. The zero-order valence-corrected chi connectivity index (χ0v) is 15.6. The molecule has 1 aliphatic rings. The maximum absolute atomic E-state index is 5.38. The number of benzene rings is 2. The van der Waals surface area contributed by atoms with Crippen molar-refractivity contribution in [3.63, 3.8) is 0 Å².